The summed E-state index contributed by atoms with van der Waals surface area (Å²) in [6, 6.07) is 11.2. The smallest absolute Gasteiger partial charge is 0.298 e. The van der Waals surface area contributed by atoms with Crippen LogP contribution >= 0.6 is 0 Å². The van der Waals surface area contributed by atoms with Crippen molar-refractivity contribution in [1.29, 1.82) is 0 Å². The Labute approximate surface area is 209 Å². The van der Waals surface area contributed by atoms with Crippen LogP contribution in [0.1, 0.15) is 59.5 Å². The molecule has 4 N–H and O–H groups in total. The molecule has 1 fully saturated rings. The van der Waals surface area contributed by atoms with E-state index < -0.39 is 16.1 Å². The van der Waals surface area contributed by atoms with Gasteiger partial charge in [0.1, 0.15) is 12.4 Å². The summed E-state index contributed by atoms with van der Waals surface area (Å²) >= 11 is 0. The first kappa shape index (κ1) is 24.5. The van der Waals surface area contributed by atoms with E-state index in [-0.39, 0.29) is 12.2 Å². The molecule has 190 valence electrons. The van der Waals surface area contributed by atoms with E-state index in [0.29, 0.717) is 12.5 Å². The van der Waals surface area contributed by atoms with Crippen LogP contribution in [0.4, 0.5) is 0 Å². The van der Waals surface area contributed by atoms with Gasteiger partial charge in [-0.15, -0.1) is 0 Å². The predicted octanol–water partition coefficient (Wildman–Crippen LogP) is 4.18. The van der Waals surface area contributed by atoms with Crippen molar-refractivity contribution in [3.05, 3.63) is 58.7 Å². The lowest BCUT2D eigenvalue weighted by molar-refractivity contribution is -0.234. The summed E-state index contributed by atoms with van der Waals surface area (Å²) in [4.78, 5) is 17.1. The zero-order chi connectivity index (χ0) is 25.4. The van der Waals surface area contributed by atoms with E-state index in [2.05, 4.69) is 9.45 Å². The Morgan fingerprint density at radius 1 is 1.17 bits per heavy atom. The highest BCUT2D eigenvalue weighted by Crippen LogP contribution is 2.47. The molecule has 36 heavy (non-hydrogen) atoms. The molecule has 1 aliphatic carbocycles. The monoisotopic (exact) mass is 511 g/mol. The molecule has 1 aliphatic heterocycles. The number of methoxy groups -OCH3 is 1. The van der Waals surface area contributed by atoms with E-state index in [1.54, 1.807) is 19.2 Å². The Morgan fingerprint density at radius 3 is 2.64 bits per heavy atom. The van der Waals surface area contributed by atoms with Crippen molar-refractivity contribution < 1.29 is 28.1 Å². The van der Waals surface area contributed by atoms with Crippen molar-refractivity contribution in [3.63, 3.8) is 0 Å². The zero-order valence-electron chi connectivity index (χ0n) is 20.0. The van der Waals surface area contributed by atoms with E-state index in [1.165, 1.54) is 12.0 Å². The van der Waals surface area contributed by atoms with Crippen LogP contribution < -0.4 is 14.6 Å². The fourth-order valence-electron chi connectivity index (χ4n) is 5.61. The Morgan fingerprint density at radius 2 is 1.94 bits per heavy atom. The quantitative estimate of drug-likeness (QED) is 0.336. The van der Waals surface area contributed by atoms with Crippen LogP contribution in [0.3, 0.4) is 0 Å². The first-order chi connectivity index (χ1) is 17.3. The number of fused-ring (bicyclic) bond motifs is 5. The van der Waals surface area contributed by atoms with E-state index in [1.807, 2.05) is 35.1 Å². The SMILES string of the molecule is COc1ccc2c(c1)C=C(COO)Cn1c-2c(C2CCCCC2)c2ccc(C(=O)NS(N)(=O)=O)cc21. The number of carbonyl (C=O) groups is 1. The van der Waals surface area contributed by atoms with Crippen LogP contribution in [-0.2, 0) is 21.6 Å². The average molecular weight is 512 g/mol. The van der Waals surface area contributed by atoms with Crippen LogP contribution in [0.2, 0.25) is 0 Å². The van der Waals surface area contributed by atoms with Crippen LogP contribution in [-0.4, -0.2) is 37.9 Å². The molecule has 10 heteroatoms. The molecule has 0 spiro atoms. The number of hydrogen-bond donors (Lipinski definition) is 3. The molecule has 0 unspecified atom stereocenters. The van der Waals surface area contributed by atoms with Gasteiger partial charge in [0.05, 0.1) is 12.8 Å². The molecule has 0 radical (unpaired) electrons. The number of hydrogen-bond acceptors (Lipinski definition) is 6. The van der Waals surface area contributed by atoms with Gasteiger partial charge in [-0.1, -0.05) is 31.4 Å². The summed E-state index contributed by atoms with van der Waals surface area (Å²) in [6.07, 6.45) is 7.67. The van der Waals surface area contributed by atoms with E-state index in [0.717, 1.165) is 64.7 Å². The summed E-state index contributed by atoms with van der Waals surface area (Å²) < 4.78 is 32.4. The highest BCUT2D eigenvalue weighted by Gasteiger charge is 2.29. The van der Waals surface area contributed by atoms with Crippen molar-refractivity contribution in [2.45, 2.75) is 44.6 Å². The van der Waals surface area contributed by atoms with Crippen LogP contribution in [0.25, 0.3) is 28.2 Å². The van der Waals surface area contributed by atoms with Gasteiger partial charge in [-0.3, -0.25) is 10.1 Å². The first-order valence-electron chi connectivity index (χ1n) is 11.9. The lowest BCUT2D eigenvalue weighted by atomic mass is 9.81. The van der Waals surface area contributed by atoms with Gasteiger partial charge in [-0.25, -0.2) is 14.7 Å². The molecule has 0 saturated heterocycles. The van der Waals surface area contributed by atoms with Crippen molar-refractivity contribution in [3.8, 4) is 17.0 Å². The number of benzene rings is 2. The fourth-order valence-corrected chi connectivity index (χ4v) is 5.98. The lowest BCUT2D eigenvalue weighted by Crippen LogP contribution is -2.35. The number of aromatic nitrogens is 1. The second kappa shape index (κ2) is 9.70. The van der Waals surface area contributed by atoms with Crippen molar-refractivity contribution in [2.24, 2.45) is 5.14 Å². The second-order valence-electron chi connectivity index (χ2n) is 9.42. The van der Waals surface area contributed by atoms with Crippen molar-refractivity contribution in [2.75, 3.05) is 13.7 Å². The van der Waals surface area contributed by atoms with Crippen LogP contribution in [0.15, 0.2) is 42.0 Å². The topological polar surface area (TPSA) is 133 Å². The third-order valence-corrected chi connectivity index (χ3v) is 7.57. The van der Waals surface area contributed by atoms with E-state index >= 15 is 0 Å². The number of rotatable bonds is 6. The average Bonchev–Trinajstić information content (AvgIpc) is 3.07. The molecule has 2 heterocycles. The number of ether oxygens (including phenoxy) is 1. The summed E-state index contributed by atoms with van der Waals surface area (Å²) in [7, 11) is -2.57. The van der Waals surface area contributed by atoms with Gasteiger partial charge in [0.2, 0.25) is 0 Å². The Bertz CT molecular complexity index is 1470. The first-order valence-corrected chi connectivity index (χ1v) is 13.5. The van der Waals surface area contributed by atoms with Gasteiger partial charge >= 0.3 is 0 Å². The molecule has 2 aromatic carbocycles. The molecule has 5 rings (SSSR count). The molecule has 2 aliphatic rings. The van der Waals surface area contributed by atoms with Crippen LogP contribution in [0, 0.1) is 0 Å². The minimum absolute atomic E-state index is 0.0140. The zero-order valence-corrected chi connectivity index (χ0v) is 20.8. The number of amides is 1. The molecular weight excluding hydrogens is 482 g/mol. The molecule has 1 aromatic heterocycles. The van der Waals surface area contributed by atoms with E-state index in [9.17, 15) is 18.5 Å². The summed E-state index contributed by atoms with van der Waals surface area (Å²) in [5, 5.41) is 15.3. The lowest BCUT2D eigenvalue weighted by Gasteiger charge is -2.24. The van der Waals surface area contributed by atoms with Gasteiger partial charge < -0.3 is 9.30 Å². The van der Waals surface area contributed by atoms with Gasteiger partial charge in [-0.2, -0.15) is 8.42 Å². The molecule has 9 nitrogen and oxygen atoms in total. The van der Waals surface area contributed by atoms with E-state index in [4.69, 9.17) is 9.88 Å². The second-order valence-corrected chi connectivity index (χ2v) is 10.7. The largest absolute Gasteiger partial charge is 0.497 e. The number of carbonyl (C=O) groups excluding carboxylic acids is 1. The Kier molecular flexibility index (Phi) is 6.60. The van der Waals surface area contributed by atoms with Crippen LogP contribution in [0.5, 0.6) is 5.75 Å². The third-order valence-electron chi connectivity index (χ3n) is 7.10. The molecule has 0 bridgehead atoms. The summed E-state index contributed by atoms with van der Waals surface area (Å²) in [6.45, 7) is 0.441. The summed E-state index contributed by atoms with van der Waals surface area (Å²) in [5.41, 5.74) is 6.09. The van der Waals surface area contributed by atoms with Crippen molar-refractivity contribution in [1.82, 2.24) is 9.29 Å². The maximum absolute atomic E-state index is 12.6. The highest BCUT2D eigenvalue weighted by atomic mass is 32.2. The summed E-state index contributed by atoms with van der Waals surface area (Å²) in [5.74, 6) is 0.287. The van der Waals surface area contributed by atoms with Gasteiger partial charge in [-0.05, 0) is 65.8 Å². The molecule has 3 aromatic rings. The maximum atomic E-state index is 12.6. The predicted molar refractivity (Wildman–Crippen MR) is 137 cm³/mol. The standard InChI is InChI=1S/C26H29N3O6S/c1-34-20-8-10-21-19(12-20)11-16(15-35-31)14-29-23-13-18(26(30)28-36(27,32)33)7-9-22(23)24(25(21)29)17-5-3-2-4-6-17/h7-13,17,31H,2-6,14-15H2,1H3,(H,28,30)(H2,27,32,33). The molecular formula is C26H29N3O6S. The number of nitrogens with one attached hydrogen (secondary N) is 1. The van der Waals surface area contributed by atoms with Crippen molar-refractivity contribution >= 4 is 33.1 Å². The van der Waals surface area contributed by atoms with Gasteiger partial charge in [0, 0.05) is 28.6 Å². The molecule has 1 amide bonds. The Hall–Kier alpha value is -3.18. The molecule has 1 saturated carbocycles. The maximum Gasteiger partial charge on any atom is 0.298 e. The minimum Gasteiger partial charge on any atom is -0.497 e. The number of nitrogens with two attached hydrogens (primary N) is 1. The Balaban J connectivity index is 1.78. The van der Waals surface area contributed by atoms with Gasteiger partial charge in [0.25, 0.3) is 16.1 Å². The number of nitrogens with zero attached hydrogens (tertiary/aromatic N) is 1. The normalized spacial score (nSPS) is 16.1. The fraction of sp³-hybridized carbons (Fsp3) is 0.346. The minimum atomic E-state index is -4.19. The molecule has 0 atom stereocenters. The third kappa shape index (κ3) is 4.64. The highest BCUT2D eigenvalue weighted by molar-refractivity contribution is 7.87. The van der Waals surface area contributed by atoms with Gasteiger partial charge in [0.15, 0.2) is 0 Å².